The molecule has 0 saturated carbocycles. The summed E-state index contributed by atoms with van der Waals surface area (Å²) >= 11 is 0. The molecule has 0 unspecified atom stereocenters. The van der Waals surface area contributed by atoms with Crippen LogP contribution in [0, 0.1) is 24.2 Å². The molecule has 2 rings (SSSR count). The Bertz CT molecular complexity index is 804. The quantitative estimate of drug-likeness (QED) is 0.388. The van der Waals surface area contributed by atoms with Gasteiger partial charge in [0.15, 0.2) is 6.61 Å². The second-order valence-electron chi connectivity index (χ2n) is 4.95. The SMILES string of the molecule is CC(=N)c1cccc(C#CCO/N=C(\C)c2cccc(C)n2)n1.CO. The van der Waals surface area contributed by atoms with Crippen molar-refractivity contribution < 1.29 is 9.94 Å². The molecule has 0 saturated heterocycles. The van der Waals surface area contributed by atoms with Gasteiger partial charge in [-0.3, -0.25) is 4.98 Å². The zero-order valence-corrected chi connectivity index (χ0v) is 14.9. The third-order valence-electron chi connectivity index (χ3n) is 2.95. The second kappa shape index (κ2) is 10.7. The van der Waals surface area contributed by atoms with Crippen molar-refractivity contribution in [1.29, 1.82) is 5.41 Å². The van der Waals surface area contributed by atoms with E-state index in [1.54, 1.807) is 19.1 Å². The summed E-state index contributed by atoms with van der Waals surface area (Å²) < 4.78 is 0. The van der Waals surface area contributed by atoms with Gasteiger partial charge in [-0.05, 0) is 51.0 Å². The van der Waals surface area contributed by atoms with Crippen molar-refractivity contribution in [3.8, 4) is 11.8 Å². The molecule has 2 aromatic heterocycles. The van der Waals surface area contributed by atoms with E-state index < -0.39 is 0 Å². The summed E-state index contributed by atoms with van der Waals surface area (Å²) in [6.45, 7) is 5.63. The first-order chi connectivity index (χ1) is 12.1. The number of nitrogens with zero attached hydrogens (tertiary/aromatic N) is 3. The third-order valence-corrected chi connectivity index (χ3v) is 2.95. The van der Waals surface area contributed by atoms with E-state index in [9.17, 15) is 0 Å². The molecule has 0 radical (unpaired) electrons. The van der Waals surface area contributed by atoms with Gasteiger partial charge in [-0.25, -0.2) is 4.98 Å². The average Bonchev–Trinajstić information content (AvgIpc) is 2.63. The fourth-order valence-electron chi connectivity index (χ4n) is 1.79. The highest BCUT2D eigenvalue weighted by atomic mass is 16.6. The van der Waals surface area contributed by atoms with Crippen LogP contribution in [0.1, 0.15) is 36.6 Å². The number of rotatable bonds is 4. The maximum atomic E-state index is 7.56. The lowest BCUT2D eigenvalue weighted by molar-refractivity contribution is 0.179. The largest absolute Gasteiger partial charge is 0.400 e. The number of aliphatic hydroxyl groups is 1. The molecule has 0 fully saturated rings. The summed E-state index contributed by atoms with van der Waals surface area (Å²) in [6.07, 6.45) is 0. The summed E-state index contributed by atoms with van der Waals surface area (Å²) in [5, 5.41) is 18.6. The molecule has 0 aliphatic heterocycles. The van der Waals surface area contributed by atoms with E-state index in [-0.39, 0.29) is 6.61 Å². The normalized spacial score (nSPS) is 10.0. The van der Waals surface area contributed by atoms with Crippen LogP contribution in [0.2, 0.25) is 0 Å². The Labute approximate surface area is 148 Å². The van der Waals surface area contributed by atoms with Gasteiger partial charge in [-0.2, -0.15) is 0 Å². The van der Waals surface area contributed by atoms with E-state index in [0.717, 1.165) is 18.5 Å². The first kappa shape index (κ1) is 20.0. The van der Waals surface area contributed by atoms with Crippen molar-refractivity contribution in [3.05, 3.63) is 59.2 Å². The van der Waals surface area contributed by atoms with Gasteiger partial charge >= 0.3 is 0 Å². The first-order valence-electron chi connectivity index (χ1n) is 7.63. The van der Waals surface area contributed by atoms with E-state index in [1.165, 1.54) is 0 Å². The summed E-state index contributed by atoms with van der Waals surface area (Å²) in [6, 6.07) is 11.2. The lowest BCUT2D eigenvalue weighted by atomic mass is 10.2. The molecule has 2 aromatic rings. The van der Waals surface area contributed by atoms with Crippen LogP contribution in [0.25, 0.3) is 0 Å². The van der Waals surface area contributed by atoms with Crippen molar-refractivity contribution in [2.45, 2.75) is 20.8 Å². The second-order valence-corrected chi connectivity index (χ2v) is 4.95. The van der Waals surface area contributed by atoms with Crippen molar-refractivity contribution in [2.24, 2.45) is 5.16 Å². The molecule has 2 heterocycles. The smallest absolute Gasteiger partial charge is 0.177 e. The van der Waals surface area contributed by atoms with Gasteiger partial charge in [0, 0.05) is 12.8 Å². The molecular formula is C19H22N4O2. The summed E-state index contributed by atoms with van der Waals surface area (Å²) in [5.41, 5.74) is 4.07. The molecule has 0 amide bonds. The van der Waals surface area contributed by atoms with Gasteiger partial charge < -0.3 is 15.4 Å². The van der Waals surface area contributed by atoms with Crippen molar-refractivity contribution in [3.63, 3.8) is 0 Å². The minimum Gasteiger partial charge on any atom is -0.400 e. The molecular weight excluding hydrogens is 316 g/mol. The lowest BCUT2D eigenvalue weighted by Crippen LogP contribution is -2.01. The topological polar surface area (TPSA) is 91.5 Å². The van der Waals surface area contributed by atoms with Gasteiger partial charge in [0.2, 0.25) is 0 Å². The van der Waals surface area contributed by atoms with E-state index in [1.807, 2.05) is 38.1 Å². The monoisotopic (exact) mass is 338 g/mol. The number of aryl methyl sites for hydroxylation is 1. The van der Waals surface area contributed by atoms with E-state index in [4.69, 9.17) is 15.4 Å². The molecule has 6 nitrogen and oxygen atoms in total. The van der Waals surface area contributed by atoms with Crippen LogP contribution in [0.3, 0.4) is 0 Å². The predicted octanol–water partition coefficient (Wildman–Crippen LogP) is 2.57. The van der Waals surface area contributed by atoms with Crippen molar-refractivity contribution >= 4 is 11.4 Å². The molecule has 2 N–H and O–H groups in total. The fraction of sp³-hybridized carbons (Fsp3) is 0.263. The Morgan fingerprint density at radius 1 is 1.12 bits per heavy atom. The molecule has 0 aliphatic rings. The zero-order chi connectivity index (χ0) is 18.7. The Morgan fingerprint density at radius 3 is 2.48 bits per heavy atom. The van der Waals surface area contributed by atoms with E-state index >= 15 is 0 Å². The maximum Gasteiger partial charge on any atom is 0.177 e. The Kier molecular flexibility index (Phi) is 8.55. The highest BCUT2D eigenvalue weighted by Crippen LogP contribution is 2.01. The summed E-state index contributed by atoms with van der Waals surface area (Å²) in [4.78, 5) is 13.8. The number of aromatic nitrogens is 2. The zero-order valence-electron chi connectivity index (χ0n) is 14.9. The van der Waals surface area contributed by atoms with Crippen LogP contribution < -0.4 is 0 Å². The Morgan fingerprint density at radius 2 is 1.80 bits per heavy atom. The molecule has 6 heteroatoms. The highest BCUT2D eigenvalue weighted by Gasteiger charge is 1.99. The number of aliphatic hydroxyl groups excluding tert-OH is 1. The van der Waals surface area contributed by atoms with Crippen molar-refractivity contribution in [2.75, 3.05) is 13.7 Å². The standard InChI is InChI=1S/C18H18N4O.CH4O/c1-13-7-4-11-18(20-13)15(3)22-23-12-6-9-16-8-5-10-17(21-16)14(2)19;1-2/h4-5,7-8,10-11,19H,12H2,1-3H3;2H,1H3/b19-14?,22-15+;. The summed E-state index contributed by atoms with van der Waals surface area (Å²) in [7, 11) is 1.00. The number of nitrogens with one attached hydrogen (secondary N) is 1. The van der Waals surface area contributed by atoms with Crippen molar-refractivity contribution in [1.82, 2.24) is 9.97 Å². The Balaban J connectivity index is 0.00000151. The van der Waals surface area contributed by atoms with Crippen LogP contribution in [-0.2, 0) is 4.84 Å². The number of oxime groups is 1. The van der Waals surface area contributed by atoms with Gasteiger partial charge in [-0.1, -0.05) is 23.2 Å². The minimum absolute atomic E-state index is 0.165. The van der Waals surface area contributed by atoms with Crippen LogP contribution in [0.5, 0.6) is 0 Å². The molecule has 0 aromatic carbocycles. The van der Waals surface area contributed by atoms with E-state index in [0.29, 0.717) is 22.8 Å². The van der Waals surface area contributed by atoms with Crippen LogP contribution >= 0.6 is 0 Å². The predicted molar refractivity (Wildman–Crippen MR) is 98.9 cm³/mol. The number of hydrogen-bond donors (Lipinski definition) is 2. The molecule has 0 spiro atoms. The molecule has 0 aliphatic carbocycles. The third kappa shape index (κ3) is 6.94. The van der Waals surface area contributed by atoms with E-state index in [2.05, 4.69) is 27.0 Å². The lowest BCUT2D eigenvalue weighted by Gasteiger charge is -2.00. The fourth-order valence-corrected chi connectivity index (χ4v) is 1.79. The Hall–Kier alpha value is -3.04. The van der Waals surface area contributed by atoms with Gasteiger partial charge in [0.1, 0.15) is 11.4 Å². The molecule has 0 bridgehead atoms. The molecule has 25 heavy (non-hydrogen) atoms. The summed E-state index contributed by atoms with van der Waals surface area (Å²) in [5.74, 6) is 5.75. The van der Waals surface area contributed by atoms with Gasteiger partial charge in [-0.15, -0.1) is 0 Å². The average molecular weight is 338 g/mol. The highest BCUT2D eigenvalue weighted by molar-refractivity contribution is 5.96. The minimum atomic E-state index is 0.165. The van der Waals surface area contributed by atoms with Gasteiger partial charge in [0.05, 0.1) is 17.1 Å². The molecule has 130 valence electrons. The van der Waals surface area contributed by atoms with Crippen LogP contribution in [-0.4, -0.2) is 40.2 Å². The first-order valence-corrected chi connectivity index (χ1v) is 7.63. The molecule has 0 atom stereocenters. The van der Waals surface area contributed by atoms with Crippen LogP contribution in [0.4, 0.5) is 0 Å². The number of pyridine rings is 2. The van der Waals surface area contributed by atoms with Gasteiger partial charge in [0.25, 0.3) is 0 Å². The number of hydrogen-bond acceptors (Lipinski definition) is 6. The maximum absolute atomic E-state index is 7.56. The van der Waals surface area contributed by atoms with Crippen LogP contribution in [0.15, 0.2) is 41.6 Å².